The summed E-state index contributed by atoms with van der Waals surface area (Å²) in [5.74, 6) is 0.285. The summed E-state index contributed by atoms with van der Waals surface area (Å²) in [6.45, 7) is 10.8. The van der Waals surface area contributed by atoms with Crippen LogP contribution in [0.25, 0.3) is 0 Å². The Labute approximate surface area is 105 Å². The van der Waals surface area contributed by atoms with E-state index in [1.165, 1.54) is 0 Å². The summed E-state index contributed by atoms with van der Waals surface area (Å²) in [4.78, 5) is 2.33. The van der Waals surface area contributed by atoms with Crippen molar-refractivity contribution < 1.29 is 9.94 Å². The summed E-state index contributed by atoms with van der Waals surface area (Å²) in [7, 11) is 1.71. The predicted molar refractivity (Wildman–Crippen MR) is 70.4 cm³/mol. The number of ether oxygens (including phenoxy) is 1. The molecule has 0 amide bonds. The normalized spacial score (nSPS) is 15.3. The molecule has 0 radical (unpaired) electrons. The summed E-state index contributed by atoms with van der Waals surface area (Å²) < 4.78 is 5.16. The van der Waals surface area contributed by atoms with Crippen LogP contribution >= 0.6 is 0 Å². The van der Waals surface area contributed by atoms with E-state index in [0.29, 0.717) is 6.04 Å². The van der Waals surface area contributed by atoms with E-state index >= 15 is 0 Å². The molecule has 0 bridgehead atoms. The van der Waals surface area contributed by atoms with Crippen LogP contribution < -0.4 is 5.73 Å². The lowest BCUT2D eigenvalue weighted by Crippen LogP contribution is -2.41. The summed E-state index contributed by atoms with van der Waals surface area (Å²) in [6.07, 6.45) is 0.852. The summed E-state index contributed by atoms with van der Waals surface area (Å²) in [5.41, 5.74) is 5.39. The predicted octanol–water partition coefficient (Wildman–Crippen LogP) is 1.51. The van der Waals surface area contributed by atoms with Gasteiger partial charge in [-0.15, -0.1) is 0 Å². The molecule has 0 saturated heterocycles. The van der Waals surface area contributed by atoms with Gasteiger partial charge in [-0.05, 0) is 26.4 Å². The molecule has 3 N–H and O–H groups in total. The summed E-state index contributed by atoms with van der Waals surface area (Å²) in [5, 5.41) is 11.8. The van der Waals surface area contributed by atoms with Crippen LogP contribution in [0.4, 0.5) is 0 Å². The van der Waals surface area contributed by atoms with Crippen LogP contribution in [-0.2, 0) is 4.74 Å². The van der Waals surface area contributed by atoms with Gasteiger partial charge >= 0.3 is 0 Å². The minimum Gasteiger partial charge on any atom is -0.409 e. The first-order chi connectivity index (χ1) is 7.88. The standard InChI is InChI=1S/C12H27N3O2/c1-6-15(10(2)9-17-5)8-7-12(3,4)11(13)14-16/h10,16H,6-9H2,1-5H3,(H2,13,14). The smallest absolute Gasteiger partial charge is 0.144 e. The van der Waals surface area contributed by atoms with Crippen LogP contribution in [0.1, 0.15) is 34.1 Å². The van der Waals surface area contributed by atoms with Crippen molar-refractivity contribution >= 4 is 5.84 Å². The Morgan fingerprint density at radius 2 is 2.12 bits per heavy atom. The third kappa shape index (κ3) is 5.37. The lowest BCUT2D eigenvalue weighted by molar-refractivity contribution is 0.0972. The van der Waals surface area contributed by atoms with Crippen molar-refractivity contribution in [2.75, 3.05) is 26.8 Å². The second kappa shape index (κ2) is 7.50. The molecule has 0 saturated carbocycles. The van der Waals surface area contributed by atoms with E-state index in [9.17, 15) is 0 Å². The van der Waals surface area contributed by atoms with Crippen molar-refractivity contribution in [3.63, 3.8) is 0 Å². The monoisotopic (exact) mass is 245 g/mol. The maximum atomic E-state index is 8.72. The molecule has 0 aliphatic carbocycles. The zero-order valence-electron chi connectivity index (χ0n) is 11.7. The molecule has 0 aliphatic rings. The molecular weight excluding hydrogens is 218 g/mol. The van der Waals surface area contributed by atoms with E-state index < -0.39 is 0 Å². The van der Waals surface area contributed by atoms with Gasteiger partial charge in [-0.2, -0.15) is 0 Å². The first kappa shape index (κ1) is 16.2. The third-order valence-electron chi connectivity index (χ3n) is 3.26. The number of hydrogen-bond donors (Lipinski definition) is 2. The molecule has 5 nitrogen and oxygen atoms in total. The fourth-order valence-corrected chi connectivity index (χ4v) is 1.72. The zero-order chi connectivity index (χ0) is 13.5. The topological polar surface area (TPSA) is 71.1 Å². The second-order valence-electron chi connectivity index (χ2n) is 5.05. The van der Waals surface area contributed by atoms with E-state index in [2.05, 4.69) is 23.9 Å². The van der Waals surface area contributed by atoms with Crippen LogP contribution in [0.5, 0.6) is 0 Å². The molecule has 102 valence electrons. The summed E-state index contributed by atoms with van der Waals surface area (Å²) >= 11 is 0. The van der Waals surface area contributed by atoms with Crippen molar-refractivity contribution in [2.45, 2.75) is 40.2 Å². The van der Waals surface area contributed by atoms with Gasteiger partial charge in [0.15, 0.2) is 0 Å². The highest BCUT2D eigenvalue weighted by Crippen LogP contribution is 2.21. The molecule has 0 rings (SSSR count). The lowest BCUT2D eigenvalue weighted by Gasteiger charge is -2.31. The van der Waals surface area contributed by atoms with E-state index in [1.54, 1.807) is 7.11 Å². The molecule has 0 aromatic heterocycles. The van der Waals surface area contributed by atoms with E-state index in [-0.39, 0.29) is 11.3 Å². The second-order valence-corrected chi connectivity index (χ2v) is 5.05. The van der Waals surface area contributed by atoms with Crippen molar-refractivity contribution in [1.82, 2.24) is 4.90 Å². The minimum atomic E-state index is -0.283. The number of methoxy groups -OCH3 is 1. The van der Waals surface area contributed by atoms with Crippen LogP contribution in [0.3, 0.4) is 0 Å². The Morgan fingerprint density at radius 1 is 1.53 bits per heavy atom. The van der Waals surface area contributed by atoms with Gasteiger partial charge < -0.3 is 15.7 Å². The number of nitrogens with zero attached hydrogens (tertiary/aromatic N) is 2. The Bertz CT molecular complexity index is 242. The molecule has 0 aromatic carbocycles. The number of hydrogen-bond acceptors (Lipinski definition) is 4. The maximum absolute atomic E-state index is 8.72. The van der Waals surface area contributed by atoms with Gasteiger partial charge in [0.2, 0.25) is 0 Å². The molecule has 0 fully saturated rings. The number of likely N-dealkylation sites (N-methyl/N-ethyl adjacent to an activating group) is 1. The molecule has 0 aliphatic heterocycles. The molecule has 0 heterocycles. The maximum Gasteiger partial charge on any atom is 0.144 e. The molecule has 17 heavy (non-hydrogen) atoms. The average Bonchev–Trinajstić information content (AvgIpc) is 2.28. The highest BCUT2D eigenvalue weighted by Gasteiger charge is 2.25. The first-order valence-electron chi connectivity index (χ1n) is 6.10. The quantitative estimate of drug-likeness (QED) is 0.294. The Morgan fingerprint density at radius 3 is 2.53 bits per heavy atom. The van der Waals surface area contributed by atoms with Gasteiger partial charge in [0, 0.05) is 18.6 Å². The van der Waals surface area contributed by atoms with Gasteiger partial charge in [0.25, 0.3) is 0 Å². The van der Waals surface area contributed by atoms with Crippen LogP contribution in [-0.4, -0.2) is 48.8 Å². The SMILES string of the molecule is CCN(CCC(C)(C)C(N)=NO)C(C)COC. The molecule has 5 heteroatoms. The summed E-state index contributed by atoms with van der Waals surface area (Å²) in [6, 6.07) is 0.382. The van der Waals surface area contributed by atoms with Gasteiger partial charge in [-0.3, -0.25) is 4.90 Å². The van der Waals surface area contributed by atoms with E-state index in [0.717, 1.165) is 26.1 Å². The van der Waals surface area contributed by atoms with Crippen molar-refractivity contribution in [3.8, 4) is 0 Å². The number of oxime groups is 1. The van der Waals surface area contributed by atoms with Crippen molar-refractivity contribution in [2.24, 2.45) is 16.3 Å². The molecular formula is C12H27N3O2. The highest BCUT2D eigenvalue weighted by atomic mass is 16.5. The third-order valence-corrected chi connectivity index (χ3v) is 3.26. The number of nitrogens with two attached hydrogens (primary N) is 1. The highest BCUT2D eigenvalue weighted by molar-refractivity contribution is 5.85. The number of amidine groups is 1. The Balaban J connectivity index is 4.32. The molecule has 1 atom stereocenters. The largest absolute Gasteiger partial charge is 0.409 e. The van der Waals surface area contributed by atoms with Gasteiger partial charge in [0.1, 0.15) is 5.84 Å². The zero-order valence-corrected chi connectivity index (χ0v) is 11.7. The van der Waals surface area contributed by atoms with Gasteiger partial charge in [-0.1, -0.05) is 25.9 Å². The Hall–Kier alpha value is -0.810. The molecule has 0 aromatic rings. The minimum absolute atomic E-state index is 0.283. The van der Waals surface area contributed by atoms with Crippen molar-refractivity contribution in [3.05, 3.63) is 0 Å². The van der Waals surface area contributed by atoms with Crippen molar-refractivity contribution in [1.29, 1.82) is 0 Å². The van der Waals surface area contributed by atoms with E-state index in [4.69, 9.17) is 15.7 Å². The molecule has 1 unspecified atom stereocenters. The first-order valence-corrected chi connectivity index (χ1v) is 6.10. The Kier molecular flexibility index (Phi) is 7.15. The fraction of sp³-hybridized carbons (Fsp3) is 0.917. The molecule has 0 spiro atoms. The van der Waals surface area contributed by atoms with Crippen LogP contribution in [0.2, 0.25) is 0 Å². The van der Waals surface area contributed by atoms with Gasteiger partial charge in [0.05, 0.1) is 6.61 Å². The van der Waals surface area contributed by atoms with Gasteiger partial charge in [-0.25, -0.2) is 0 Å². The van der Waals surface area contributed by atoms with Crippen LogP contribution in [0.15, 0.2) is 5.16 Å². The van der Waals surface area contributed by atoms with Crippen LogP contribution in [0, 0.1) is 5.41 Å². The average molecular weight is 245 g/mol. The lowest BCUT2D eigenvalue weighted by atomic mass is 9.87. The van der Waals surface area contributed by atoms with E-state index in [1.807, 2.05) is 13.8 Å². The number of rotatable bonds is 8. The fourth-order valence-electron chi connectivity index (χ4n) is 1.72.